The normalized spacial score (nSPS) is 26.6. The molecule has 2 saturated carbocycles. The summed E-state index contributed by atoms with van der Waals surface area (Å²) in [4.78, 5) is 5.29. The van der Waals surface area contributed by atoms with Gasteiger partial charge >= 0.3 is 0 Å². The van der Waals surface area contributed by atoms with Crippen LogP contribution >= 0.6 is 0 Å². The number of benzene rings is 7. The van der Waals surface area contributed by atoms with E-state index in [1.807, 2.05) is 12.1 Å². The van der Waals surface area contributed by atoms with Gasteiger partial charge in [-0.05, 0) is 173 Å². The monoisotopic (exact) mass is 882 g/mol. The van der Waals surface area contributed by atoms with E-state index in [1.165, 1.54) is 109 Å². The molecule has 4 heteroatoms. The fraction of sp³-hybridized carbons (Fsp3) is 0.281. The molecule has 2 fully saturated rings. The number of hydrogen-bond acceptors (Lipinski definition) is 4. The maximum atomic E-state index is 10.1. The van der Waals surface area contributed by atoms with E-state index in [9.17, 15) is 10.5 Å². The van der Waals surface area contributed by atoms with Gasteiger partial charge in [0.15, 0.2) is 0 Å². The van der Waals surface area contributed by atoms with E-state index in [0.29, 0.717) is 0 Å². The Labute approximate surface area is 402 Å². The second-order valence-electron chi connectivity index (χ2n) is 21.3. The van der Waals surface area contributed by atoms with E-state index in [-0.39, 0.29) is 21.9 Å². The van der Waals surface area contributed by atoms with Crippen molar-refractivity contribution in [2.24, 2.45) is 0 Å². The van der Waals surface area contributed by atoms with Crippen LogP contribution < -0.4 is 9.80 Å². The summed E-state index contributed by atoms with van der Waals surface area (Å²) in [5, 5.41) is 25.1. The highest BCUT2D eigenvalue weighted by Crippen LogP contribution is 2.66. The van der Waals surface area contributed by atoms with Crippen LogP contribution in [0.4, 0.5) is 22.7 Å². The highest BCUT2D eigenvalue weighted by Gasteiger charge is 2.60. The van der Waals surface area contributed by atoms with Crippen LogP contribution in [0.15, 0.2) is 164 Å². The standard InChI is InChI=1S/C64H58N4/c1-7-8-10-19-42(2)64(45-20-11-9-12-21-45)53-39-47(68-57-31-25-44(41-66)37-55(57)61(4)33-16-18-35-63(61,68)6)27-29-51(53)58-49-23-14-13-22-48(49)52-38-46(26-28-50(52)59(58)64)67-56-30-24-43(40-65)36-54(56)60(3)32-15-17-34-62(60,67)5/h7-14,19-31,36-39H,2,15-18,32-35H2,1,3-6H3/b8-7-,19-10-. The highest BCUT2D eigenvalue weighted by atomic mass is 15.3. The van der Waals surface area contributed by atoms with Gasteiger partial charge in [-0.3, -0.25) is 0 Å². The summed E-state index contributed by atoms with van der Waals surface area (Å²) in [5.41, 5.74) is 14.7. The minimum atomic E-state index is -0.754. The summed E-state index contributed by atoms with van der Waals surface area (Å²) in [6, 6.07) is 52.5. The first-order chi connectivity index (χ1) is 33.0. The van der Waals surface area contributed by atoms with Gasteiger partial charge in [0, 0.05) is 33.6 Å². The maximum absolute atomic E-state index is 10.1. The number of rotatable bonds is 6. The molecule has 5 unspecified atom stereocenters. The summed E-state index contributed by atoms with van der Waals surface area (Å²) in [6.45, 7) is 17.0. The zero-order valence-electron chi connectivity index (χ0n) is 40.1. The number of nitriles is 2. The quantitative estimate of drug-likeness (QED) is 0.123. The average Bonchev–Trinajstić information content (AvgIpc) is 3.87. The molecule has 7 aromatic rings. The van der Waals surface area contributed by atoms with Crippen LogP contribution in [0.3, 0.4) is 0 Å². The third-order valence-corrected chi connectivity index (χ3v) is 18.3. The van der Waals surface area contributed by atoms with E-state index in [1.54, 1.807) is 0 Å². The van der Waals surface area contributed by atoms with E-state index in [2.05, 4.69) is 196 Å². The molecule has 68 heavy (non-hydrogen) atoms. The fourth-order valence-corrected chi connectivity index (χ4v) is 14.7. The Morgan fingerprint density at radius 3 is 1.72 bits per heavy atom. The SMILES string of the molecule is C=C(/C=C\C=C/C)C1(c2ccccc2)c2cc(N3c4ccc(C#N)cc4C4(C)CCCCC34C)ccc2-c2c1c1ccc(N3c4ccc(C#N)cc4C4(C)CCCCC34C)cc1c1ccccc21. The minimum Gasteiger partial charge on any atom is -0.334 e. The summed E-state index contributed by atoms with van der Waals surface area (Å²) < 4.78 is 0. The van der Waals surface area contributed by atoms with Gasteiger partial charge < -0.3 is 9.80 Å². The lowest BCUT2D eigenvalue weighted by molar-refractivity contribution is 0.195. The summed E-state index contributed by atoms with van der Waals surface area (Å²) in [5.74, 6) is 0. The van der Waals surface area contributed by atoms with Crippen molar-refractivity contribution in [2.75, 3.05) is 9.80 Å². The van der Waals surface area contributed by atoms with E-state index < -0.39 is 5.41 Å². The largest absolute Gasteiger partial charge is 0.334 e. The topological polar surface area (TPSA) is 54.1 Å². The third-order valence-electron chi connectivity index (χ3n) is 18.3. The Balaban J connectivity index is 1.16. The molecule has 0 radical (unpaired) electrons. The van der Waals surface area contributed by atoms with Gasteiger partial charge in [0.05, 0.1) is 39.8 Å². The molecular formula is C64H58N4. The van der Waals surface area contributed by atoms with Crippen molar-refractivity contribution in [3.05, 3.63) is 203 Å². The number of fused-ring (bicyclic) bond motifs is 14. The molecule has 0 bridgehead atoms. The summed E-state index contributed by atoms with van der Waals surface area (Å²) in [7, 11) is 0. The Hall–Kier alpha value is -7.14. The molecule has 334 valence electrons. The van der Waals surface area contributed by atoms with Crippen LogP contribution in [0.25, 0.3) is 32.7 Å². The second kappa shape index (κ2) is 14.9. The first kappa shape index (κ1) is 42.2. The molecule has 0 amide bonds. The van der Waals surface area contributed by atoms with Gasteiger partial charge in [-0.25, -0.2) is 0 Å². The van der Waals surface area contributed by atoms with Crippen molar-refractivity contribution in [1.29, 1.82) is 10.5 Å². The molecule has 3 aliphatic carbocycles. The third kappa shape index (κ3) is 5.30. The first-order valence-electron chi connectivity index (χ1n) is 24.9. The molecule has 5 atom stereocenters. The molecule has 5 aliphatic rings. The van der Waals surface area contributed by atoms with E-state index in [4.69, 9.17) is 6.58 Å². The van der Waals surface area contributed by atoms with Crippen LogP contribution in [0.1, 0.15) is 125 Å². The number of hydrogen-bond donors (Lipinski definition) is 0. The molecule has 7 aromatic carbocycles. The number of anilines is 4. The lowest BCUT2D eigenvalue weighted by Crippen LogP contribution is -2.54. The highest BCUT2D eigenvalue weighted by molar-refractivity contribution is 6.20. The molecule has 0 spiro atoms. The van der Waals surface area contributed by atoms with Gasteiger partial charge in [-0.1, -0.05) is 137 Å². The smallest absolute Gasteiger partial charge is 0.0991 e. The van der Waals surface area contributed by atoms with Crippen molar-refractivity contribution in [3.63, 3.8) is 0 Å². The van der Waals surface area contributed by atoms with Gasteiger partial charge in [-0.15, -0.1) is 0 Å². The molecular weight excluding hydrogens is 825 g/mol. The molecule has 4 nitrogen and oxygen atoms in total. The van der Waals surface area contributed by atoms with Crippen LogP contribution in [-0.2, 0) is 16.2 Å². The minimum absolute atomic E-state index is 0.0960. The average molecular weight is 883 g/mol. The lowest BCUT2D eigenvalue weighted by atomic mass is 9.61. The first-order valence-corrected chi connectivity index (χ1v) is 24.9. The summed E-state index contributed by atoms with van der Waals surface area (Å²) >= 11 is 0. The summed E-state index contributed by atoms with van der Waals surface area (Å²) in [6.07, 6.45) is 17.6. The molecule has 0 saturated heterocycles. The Morgan fingerprint density at radius 1 is 0.559 bits per heavy atom. The van der Waals surface area contributed by atoms with Crippen molar-refractivity contribution in [1.82, 2.24) is 0 Å². The van der Waals surface area contributed by atoms with Crippen molar-refractivity contribution in [2.45, 2.75) is 113 Å². The lowest BCUT2D eigenvalue weighted by Gasteiger charge is -2.50. The van der Waals surface area contributed by atoms with Gasteiger partial charge in [0.2, 0.25) is 0 Å². The zero-order chi connectivity index (χ0) is 46.8. The van der Waals surface area contributed by atoms with Crippen molar-refractivity contribution in [3.8, 4) is 23.3 Å². The van der Waals surface area contributed by atoms with E-state index in [0.717, 1.165) is 42.4 Å². The number of allylic oxidation sites excluding steroid dienone is 5. The molecule has 12 rings (SSSR count). The van der Waals surface area contributed by atoms with Crippen LogP contribution in [0.2, 0.25) is 0 Å². The fourth-order valence-electron chi connectivity index (χ4n) is 14.7. The van der Waals surface area contributed by atoms with Crippen molar-refractivity contribution >= 4 is 44.3 Å². The molecule has 2 aliphatic heterocycles. The molecule has 0 N–H and O–H groups in total. The van der Waals surface area contributed by atoms with Gasteiger partial charge in [-0.2, -0.15) is 10.5 Å². The zero-order valence-corrected chi connectivity index (χ0v) is 40.1. The molecule has 2 heterocycles. The Kier molecular flexibility index (Phi) is 9.27. The van der Waals surface area contributed by atoms with Crippen LogP contribution in [0, 0.1) is 22.7 Å². The predicted octanol–water partition coefficient (Wildman–Crippen LogP) is 16.2. The van der Waals surface area contributed by atoms with Crippen LogP contribution in [0.5, 0.6) is 0 Å². The van der Waals surface area contributed by atoms with Crippen LogP contribution in [-0.4, -0.2) is 11.1 Å². The van der Waals surface area contributed by atoms with Gasteiger partial charge in [0.25, 0.3) is 0 Å². The van der Waals surface area contributed by atoms with Gasteiger partial charge in [0.1, 0.15) is 0 Å². The predicted molar refractivity (Wildman–Crippen MR) is 281 cm³/mol. The Morgan fingerprint density at radius 2 is 1.12 bits per heavy atom. The Bertz CT molecular complexity index is 3450. The molecule has 0 aromatic heterocycles. The van der Waals surface area contributed by atoms with Crippen molar-refractivity contribution < 1.29 is 0 Å². The maximum Gasteiger partial charge on any atom is 0.0991 e. The van der Waals surface area contributed by atoms with E-state index >= 15 is 0 Å². The number of nitrogens with zero attached hydrogens (tertiary/aromatic N) is 4. The second-order valence-corrected chi connectivity index (χ2v) is 21.3.